The Morgan fingerprint density at radius 3 is 2.55 bits per heavy atom. The quantitative estimate of drug-likeness (QED) is 0.440. The molecule has 2 amide bonds. The molecular formula is C27H43N7O4. The third-order valence-electron chi connectivity index (χ3n) is 7.49. The van der Waals surface area contributed by atoms with Crippen molar-refractivity contribution < 1.29 is 19.1 Å². The number of nitrogens with zero attached hydrogens (tertiary/aromatic N) is 4. The Balaban J connectivity index is 1.72. The Labute approximate surface area is 226 Å². The molecule has 0 aliphatic carbocycles. The first-order valence-corrected chi connectivity index (χ1v) is 13.6. The fraction of sp³-hybridized carbons (Fsp3) is 0.630. The maximum Gasteiger partial charge on any atom is 0.430 e. The van der Waals surface area contributed by atoms with Crippen LogP contribution >= 0.6 is 0 Å². The first kappa shape index (κ1) is 28.5. The molecule has 0 aromatic heterocycles. The zero-order chi connectivity index (χ0) is 27.2. The smallest absolute Gasteiger partial charge is 0.430 e. The van der Waals surface area contributed by atoms with E-state index in [4.69, 9.17) is 9.47 Å². The molecule has 11 nitrogen and oxygen atoms in total. The predicted molar refractivity (Wildman–Crippen MR) is 145 cm³/mol. The standard InChI is InChI=1S/C27H43N7O4/c1-6-38-27(36)33-22-12-15-28-24(32(5)18-19(2)31(3)4)23(22)25(29-26(35)20-10-8-7-9-11-20)34(33)30-21-13-16-37-17-14-21/h7-11,19,21,24-25,28,30H,6,12-18H2,1-5H3,(H,29,35). The van der Waals surface area contributed by atoms with Gasteiger partial charge < -0.3 is 19.7 Å². The second-order valence-corrected chi connectivity index (χ2v) is 10.4. The second kappa shape index (κ2) is 13.0. The number of rotatable bonds is 9. The molecule has 1 saturated heterocycles. The lowest BCUT2D eigenvalue weighted by Gasteiger charge is -2.39. The maximum absolute atomic E-state index is 13.5. The van der Waals surface area contributed by atoms with E-state index < -0.39 is 12.3 Å². The molecule has 1 fully saturated rings. The monoisotopic (exact) mass is 529 g/mol. The van der Waals surface area contributed by atoms with Gasteiger partial charge in [-0.1, -0.05) is 18.2 Å². The molecule has 3 atom stereocenters. The van der Waals surface area contributed by atoms with Gasteiger partial charge >= 0.3 is 6.09 Å². The topological polar surface area (TPSA) is 102 Å². The molecule has 0 bridgehead atoms. The average molecular weight is 530 g/mol. The van der Waals surface area contributed by atoms with Crippen LogP contribution in [0.2, 0.25) is 0 Å². The molecule has 11 heteroatoms. The zero-order valence-corrected chi connectivity index (χ0v) is 23.3. The summed E-state index contributed by atoms with van der Waals surface area (Å²) in [5.41, 5.74) is 5.92. The highest BCUT2D eigenvalue weighted by Gasteiger charge is 2.49. The summed E-state index contributed by atoms with van der Waals surface area (Å²) >= 11 is 0. The molecule has 3 unspecified atom stereocenters. The van der Waals surface area contributed by atoms with Crippen LogP contribution in [0.25, 0.3) is 0 Å². The van der Waals surface area contributed by atoms with Gasteiger partial charge in [0.2, 0.25) is 0 Å². The van der Waals surface area contributed by atoms with E-state index in [9.17, 15) is 9.59 Å². The molecule has 3 N–H and O–H groups in total. The van der Waals surface area contributed by atoms with Crippen molar-refractivity contribution in [2.75, 3.05) is 54.1 Å². The van der Waals surface area contributed by atoms with Gasteiger partial charge in [0.15, 0.2) is 0 Å². The Bertz CT molecular complexity index is 983. The zero-order valence-electron chi connectivity index (χ0n) is 23.3. The van der Waals surface area contributed by atoms with Crippen LogP contribution in [0, 0.1) is 0 Å². The fourth-order valence-electron chi connectivity index (χ4n) is 5.20. The lowest BCUT2D eigenvalue weighted by atomic mass is 10.0. The van der Waals surface area contributed by atoms with Crippen molar-refractivity contribution in [2.45, 2.75) is 57.5 Å². The molecule has 3 aliphatic heterocycles. The third-order valence-corrected chi connectivity index (χ3v) is 7.49. The van der Waals surface area contributed by atoms with Gasteiger partial charge in [0.25, 0.3) is 5.91 Å². The summed E-state index contributed by atoms with van der Waals surface area (Å²) in [6.07, 6.45) is 1.00. The summed E-state index contributed by atoms with van der Waals surface area (Å²) in [6, 6.07) is 9.56. The molecule has 0 radical (unpaired) electrons. The first-order chi connectivity index (χ1) is 18.3. The number of hydrogen-bond donors (Lipinski definition) is 3. The van der Waals surface area contributed by atoms with Crippen molar-refractivity contribution in [3.05, 3.63) is 47.2 Å². The first-order valence-electron chi connectivity index (χ1n) is 13.6. The van der Waals surface area contributed by atoms with Crippen LogP contribution in [-0.2, 0) is 9.47 Å². The van der Waals surface area contributed by atoms with E-state index in [0.29, 0.717) is 37.8 Å². The van der Waals surface area contributed by atoms with Gasteiger partial charge in [-0.15, -0.1) is 5.12 Å². The molecule has 0 spiro atoms. The van der Waals surface area contributed by atoms with Gasteiger partial charge in [0, 0.05) is 55.9 Å². The van der Waals surface area contributed by atoms with Gasteiger partial charge in [-0.2, -0.15) is 5.01 Å². The van der Waals surface area contributed by atoms with Crippen molar-refractivity contribution in [1.29, 1.82) is 0 Å². The van der Waals surface area contributed by atoms with Crippen LogP contribution in [0.15, 0.2) is 41.6 Å². The summed E-state index contributed by atoms with van der Waals surface area (Å²) in [4.78, 5) is 31.3. The van der Waals surface area contributed by atoms with Crippen LogP contribution in [0.1, 0.15) is 43.5 Å². The molecule has 4 rings (SSSR count). The highest BCUT2D eigenvalue weighted by atomic mass is 16.6. The minimum atomic E-state index is -0.597. The summed E-state index contributed by atoms with van der Waals surface area (Å²) in [6.45, 7) is 7.03. The third kappa shape index (κ3) is 6.36. The summed E-state index contributed by atoms with van der Waals surface area (Å²) in [5.74, 6) is -0.208. The van der Waals surface area contributed by atoms with Crippen LogP contribution < -0.4 is 16.1 Å². The number of nitrogens with one attached hydrogen (secondary N) is 3. The Morgan fingerprint density at radius 1 is 1.18 bits per heavy atom. The number of benzene rings is 1. The minimum absolute atomic E-state index is 0.0936. The van der Waals surface area contributed by atoms with Crippen LogP contribution in [0.5, 0.6) is 0 Å². The average Bonchev–Trinajstić information content (AvgIpc) is 3.22. The SMILES string of the molecule is CCOC(=O)N1C2=C(C(N(C)CC(C)N(C)C)NCC2)C(NC(=O)c2ccccc2)N1NC1CCOCC1. The minimum Gasteiger partial charge on any atom is -0.448 e. The van der Waals surface area contributed by atoms with E-state index in [-0.39, 0.29) is 24.7 Å². The van der Waals surface area contributed by atoms with Crippen LogP contribution in [0.4, 0.5) is 4.79 Å². The van der Waals surface area contributed by atoms with Gasteiger partial charge in [0.05, 0.1) is 18.5 Å². The van der Waals surface area contributed by atoms with Gasteiger partial charge in [0.1, 0.15) is 6.17 Å². The Morgan fingerprint density at radius 2 is 1.89 bits per heavy atom. The van der Waals surface area contributed by atoms with E-state index >= 15 is 0 Å². The number of carbonyl (C=O) groups excluding carboxylic acids is 2. The maximum atomic E-state index is 13.5. The van der Waals surface area contributed by atoms with Crippen molar-refractivity contribution in [3.63, 3.8) is 0 Å². The lowest BCUT2D eigenvalue weighted by Crippen LogP contribution is -2.63. The van der Waals surface area contributed by atoms with Crippen molar-refractivity contribution in [1.82, 2.24) is 36.0 Å². The van der Waals surface area contributed by atoms with E-state index in [0.717, 1.165) is 30.7 Å². The molecule has 1 aromatic carbocycles. The Hall–Kier alpha value is -2.54. The number of amides is 2. The van der Waals surface area contributed by atoms with E-state index in [2.05, 4.69) is 53.9 Å². The van der Waals surface area contributed by atoms with E-state index in [1.807, 2.05) is 18.2 Å². The second-order valence-electron chi connectivity index (χ2n) is 10.4. The number of carbonyl (C=O) groups is 2. The largest absolute Gasteiger partial charge is 0.448 e. The van der Waals surface area contributed by atoms with Gasteiger partial charge in [-0.3, -0.25) is 15.0 Å². The molecule has 210 valence electrons. The number of hydrazine groups is 2. The van der Waals surface area contributed by atoms with Crippen molar-refractivity contribution in [3.8, 4) is 0 Å². The fourth-order valence-corrected chi connectivity index (χ4v) is 5.20. The molecular weight excluding hydrogens is 486 g/mol. The lowest BCUT2D eigenvalue weighted by molar-refractivity contribution is -0.0690. The van der Waals surface area contributed by atoms with Gasteiger partial charge in [-0.05, 0) is 60.0 Å². The highest BCUT2D eigenvalue weighted by molar-refractivity contribution is 5.94. The molecule has 38 heavy (non-hydrogen) atoms. The molecule has 3 aliphatic rings. The van der Waals surface area contributed by atoms with Crippen molar-refractivity contribution in [2.24, 2.45) is 0 Å². The molecule has 3 heterocycles. The highest BCUT2D eigenvalue weighted by Crippen LogP contribution is 2.36. The van der Waals surface area contributed by atoms with E-state index in [1.54, 1.807) is 29.2 Å². The van der Waals surface area contributed by atoms with Crippen molar-refractivity contribution >= 4 is 12.0 Å². The summed E-state index contributed by atoms with van der Waals surface area (Å²) in [5, 5.41) is 10.2. The van der Waals surface area contributed by atoms with Crippen LogP contribution in [-0.4, -0.2) is 110 Å². The summed E-state index contributed by atoms with van der Waals surface area (Å²) in [7, 11) is 6.21. The number of likely N-dealkylation sites (N-methyl/N-ethyl adjacent to an activating group) is 2. The van der Waals surface area contributed by atoms with E-state index in [1.165, 1.54) is 0 Å². The number of hydrogen-bond acceptors (Lipinski definition) is 9. The molecule has 0 saturated carbocycles. The Kier molecular flexibility index (Phi) is 9.74. The van der Waals surface area contributed by atoms with Crippen LogP contribution in [0.3, 0.4) is 0 Å². The number of ether oxygens (including phenoxy) is 2. The predicted octanol–water partition coefficient (Wildman–Crippen LogP) is 1.57. The summed E-state index contributed by atoms with van der Waals surface area (Å²) < 4.78 is 11.1. The van der Waals surface area contributed by atoms with Gasteiger partial charge in [-0.25, -0.2) is 10.2 Å². The molecule has 1 aromatic rings. The normalized spacial score (nSPS) is 23.6.